The predicted octanol–water partition coefficient (Wildman–Crippen LogP) is 4.45. The Kier molecular flexibility index (Phi) is 5.11. The van der Waals surface area contributed by atoms with Crippen LogP contribution in [0.2, 0.25) is 0 Å². The van der Waals surface area contributed by atoms with E-state index in [4.69, 9.17) is 5.11 Å². The fourth-order valence-corrected chi connectivity index (χ4v) is 1.10. The van der Waals surface area contributed by atoms with Gasteiger partial charge >= 0.3 is 47.7 Å². The van der Waals surface area contributed by atoms with Crippen LogP contribution in [0.15, 0.2) is 0 Å². The van der Waals surface area contributed by atoms with E-state index >= 15 is 0 Å². The lowest BCUT2D eigenvalue weighted by atomic mass is 9.95. The monoisotopic (exact) mass is 416 g/mol. The van der Waals surface area contributed by atoms with Crippen molar-refractivity contribution in [3.63, 3.8) is 0 Å². The number of halogens is 15. The summed E-state index contributed by atoms with van der Waals surface area (Å²) in [6.45, 7) is 0. The molecule has 0 bridgehead atoms. The van der Waals surface area contributed by atoms with Gasteiger partial charge in [0.25, 0.3) is 0 Å². The molecule has 0 aromatic carbocycles. The van der Waals surface area contributed by atoms with Crippen LogP contribution in [-0.2, 0) is 4.79 Å². The molecule has 1 N–H and O–H groups in total. The Morgan fingerprint density at radius 1 is 0.480 bits per heavy atom. The molecule has 0 aliphatic heterocycles. The summed E-state index contributed by atoms with van der Waals surface area (Å²) in [5.41, 5.74) is 0. The lowest BCUT2D eigenvalue weighted by Crippen LogP contribution is -2.73. The Morgan fingerprint density at radius 2 is 0.720 bits per heavy atom. The van der Waals surface area contributed by atoms with E-state index in [0.717, 1.165) is 0 Å². The lowest BCUT2D eigenvalue weighted by molar-refractivity contribution is -0.450. The molecule has 0 fully saturated rings. The van der Waals surface area contributed by atoms with Crippen molar-refractivity contribution >= 4 is 5.97 Å². The van der Waals surface area contributed by atoms with E-state index < -0.39 is 47.7 Å². The second-order valence-electron chi connectivity index (χ2n) is 4.25. The highest BCUT2D eigenvalue weighted by Crippen LogP contribution is 2.62. The molecular formula is C8HF15O2. The second-order valence-corrected chi connectivity index (χ2v) is 4.25. The highest BCUT2D eigenvalue weighted by molar-refractivity contribution is 5.77. The summed E-state index contributed by atoms with van der Waals surface area (Å²) in [6, 6.07) is 0. The number of hydrogen-bond acceptors (Lipinski definition) is 1. The molecule has 17 heteroatoms. The number of hydrogen-bond donors (Lipinski definition) is 1. The summed E-state index contributed by atoms with van der Waals surface area (Å²) in [6.07, 6.45) is -7.69. The molecule has 0 spiro atoms. The van der Waals surface area contributed by atoms with Crippen molar-refractivity contribution in [1.29, 1.82) is 0 Å². The molecule has 0 aromatic rings. The van der Waals surface area contributed by atoms with Crippen LogP contribution < -0.4 is 0 Å². The van der Waals surface area contributed by atoms with Crippen LogP contribution in [0.5, 0.6) is 0 Å². The van der Waals surface area contributed by atoms with Crippen molar-refractivity contribution in [2.24, 2.45) is 0 Å². The first-order valence-corrected chi connectivity index (χ1v) is 5.01. The van der Waals surface area contributed by atoms with E-state index in [9.17, 15) is 70.7 Å². The second kappa shape index (κ2) is 5.46. The third kappa shape index (κ3) is 2.74. The summed E-state index contributed by atoms with van der Waals surface area (Å²) in [5, 5.41) is 7.57. The van der Waals surface area contributed by atoms with E-state index in [0.29, 0.717) is 0 Å². The maximum atomic E-state index is 12.8. The number of rotatable bonds is 6. The maximum Gasteiger partial charge on any atom is 0.460 e. The summed E-state index contributed by atoms with van der Waals surface area (Å²) < 4.78 is 187. The minimum absolute atomic E-state index is 4.28. The van der Waals surface area contributed by atoms with Gasteiger partial charge in [-0.25, -0.2) is 4.79 Å². The quantitative estimate of drug-likeness (QED) is 0.514. The van der Waals surface area contributed by atoms with E-state index in [1.54, 1.807) is 0 Å². The topological polar surface area (TPSA) is 37.3 Å². The highest BCUT2D eigenvalue weighted by atomic mass is 19.4. The van der Waals surface area contributed by atoms with Gasteiger partial charge in [-0.1, -0.05) is 0 Å². The van der Waals surface area contributed by atoms with Gasteiger partial charge in [-0.15, -0.1) is 0 Å². The van der Waals surface area contributed by atoms with Crippen LogP contribution in [0.4, 0.5) is 65.9 Å². The van der Waals surface area contributed by atoms with E-state index in [-0.39, 0.29) is 0 Å². The van der Waals surface area contributed by atoms with Crippen molar-refractivity contribution in [2.45, 2.75) is 41.7 Å². The Balaban J connectivity index is 6.55. The molecule has 0 atom stereocenters. The number of carboxylic acid groups (broad SMARTS) is 1. The van der Waals surface area contributed by atoms with Crippen molar-refractivity contribution in [1.82, 2.24) is 0 Å². The molecule has 0 heterocycles. The van der Waals surface area contributed by atoms with Gasteiger partial charge in [-0.05, 0) is 0 Å². The number of alkyl halides is 15. The minimum atomic E-state index is -8.47. The zero-order valence-electron chi connectivity index (χ0n) is 10.5. The van der Waals surface area contributed by atoms with Crippen LogP contribution in [0.25, 0.3) is 0 Å². The van der Waals surface area contributed by atoms with Crippen molar-refractivity contribution in [2.75, 3.05) is 0 Å². The molecule has 0 aliphatic carbocycles. The van der Waals surface area contributed by atoms with Crippen LogP contribution in [0.1, 0.15) is 0 Å². The molecule has 0 aliphatic rings. The van der Waals surface area contributed by atoms with Crippen LogP contribution in [-0.4, -0.2) is 52.8 Å². The van der Waals surface area contributed by atoms with Gasteiger partial charge in [0.2, 0.25) is 0 Å². The number of aliphatic carboxylic acids is 1. The van der Waals surface area contributed by atoms with E-state index in [1.165, 1.54) is 0 Å². The van der Waals surface area contributed by atoms with Gasteiger partial charge in [0, 0.05) is 0 Å². The Bertz CT molecular complexity index is 530. The fraction of sp³-hybridized carbons (Fsp3) is 0.875. The Hall–Kier alpha value is -1.58. The van der Waals surface area contributed by atoms with Gasteiger partial charge in [0.05, 0.1) is 0 Å². The van der Waals surface area contributed by atoms with E-state index in [1.807, 2.05) is 0 Å². The van der Waals surface area contributed by atoms with Crippen LogP contribution in [0, 0.1) is 0 Å². The molecule has 0 unspecified atom stereocenters. The van der Waals surface area contributed by atoms with Gasteiger partial charge in [0.1, 0.15) is 0 Å². The molecule has 0 aromatic heterocycles. The van der Waals surface area contributed by atoms with Gasteiger partial charge in [0.15, 0.2) is 0 Å². The lowest BCUT2D eigenvalue weighted by Gasteiger charge is -2.40. The Labute approximate surface area is 125 Å². The molecule has 2 nitrogen and oxygen atoms in total. The van der Waals surface area contributed by atoms with Crippen molar-refractivity contribution < 1.29 is 75.8 Å². The molecule has 0 saturated carbocycles. The van der Waals surface area contributed by atoms with Crippen LogP contribution >= 0.6 is 0 Å². The highest BCUT2D eigenvalue weighted by Gasteiger charge is 2.94. The SMILES string of the molecule is O=[13C](O)[13C](F)(F)C(F)(F)C(F)(F)C(F)(F)C(F)(F)C(F)(F)C(F)(F)F. The first-order valence-electron chi connectivity index (χ1n) is 5.01. The third-order valence-electron chi connectivity index (χ3n) is 2.60. The first-order chi connectivity index (χ1) is 10.4. The zero-order valence-corrected chi connectivity index (χ0v) is 10.5. The molecule has 25 heavy (non-hydrogen) atoms. The number of carbonyl (C=O) groups is 1. The normalized spacial score (nSPS) is 16.1. The third-order valence-corrected chi connectivity index (χ3v) is 2.60. The average molecular weight is 416 g/mol. The van der Waals surface area contributed by atoms with Crippen LogP contribution in [0.3, 0.4) is 0 Å². The molecule has 0 saturated heterocycles. The van der Waals surface area contributed by atoms with Crippen molar-refractivity contribution in [3.8, 4) is 0 Å². The van der Waals surface area contributed by atoms with Crippen molar-refractivity contribution in [3.05, 3.63) is 0 Å². The molecule has 150 valence electrons. The van der Waals surface area contributed by atoms with Gasteiger partial charge < -0.3 is 5.11 Å². The molecular weight excluding hydrogens is 415 g/mol. The smallest absolute Gasteiger partial charge is 0.460 e. The summed E-state index contributed by atoms with van der Waals surface area (Å²) in [7, 11) is 0. The largest absolute Gasteiger partial charge is 0.477 e. The first kappa shape index (κ1) is 23.4. The zero-order chi connectivity index (χ0) is 21.1. The molecule has 0 rings (SSSR count). The van der Waals surface area contributed by atoms with E-state index in [2.05, 4.69) is 0 Å². The average Bonchev–Trinajstić information content (AvgIpc) is 2.35. The standard InChI is InChI=1S/C8HF15O2/c9-2(10,1(24)25)3(11,12)4(13,14)5(15,16)6(17,18)7(19,20)8(21,22)23/h(H,24,25)/i1+1,2+1. The molecule has 0 radical (unpaired) electrons. The molecule has 0 amide bonds. The Morgan fingerprint density at radius 3 is 0.960 bits per heavy atom. The minimum Gasteiger partial charge on any atom is -0.477 e. The summed E-state index contributed by atoms with van der Waals surface area (Å²) in [4.78, 5) is 9.72. The maximum absolute atomic E-state index is 12.8. The summed E-state index contributed by atoms with van der Waals surface area (Å²) in [5.74, 6) is -52.8. The van der Waals surface area contributed by atoms with Gasteiger partial charge in [-0.2, -0.15) is 65.9 Å². The number of carboxylic acids is 1. The fourth-order valence-electron chi connectivity index (χ4n) is 1.10. The van der Waals surface area contributed by atoms with Gasteiger partial charge in [-0.3, -0.25) is 0 Å². The summed E-state index contributed by atoms with van der Waals surface area (Å²) >= 11 is 0. The predicted molar refractivity (Wildman–Crippen MR) is 43.4 cm³/mol.